The van der Waals surface area contributed by atoms with Crippen LogP contribution in [0.25, 0.3) is 0 Å². The maximum absolute atomic E-state index is 9.98. The summed E-state index contributed by atoms with van der Waals surface area (Å²) in [4.78, 5) is 0. The van der Waals surface area contributed by atoms with Gasteiger partial charge in [0.25, 0.3) is 0 Å². The van der Waals surface area contributed by atoms with Crippen molar-refractivity contribution in [2.24, 2.45) is 0 Å². The van der Waals surface area contributed by atoms with Gasteiger partial charge in [-0.1, -0.05) is 83.2 Å². The molecule has 0 spiro atoms. The number of unbranched alkanes of at least 4 members (excludes halogenated alkanes) is 5. The van der Waals surface area contributed by atoms with Crippen molar-refractivity contribution in [1.29, 1.82) is 0 Å². The highest BCUT2D eigenvalue weighted by Crippen LogP contribution is 2.20. The Kier molecular flexibility index (Phi) is 10.5. The zero-order valence-corrected chi connectivity index (χ0v) is 11.4. The highest BCUT2D eigenvalue weighted by Gasteiger charge is 2.17. The largest absolute Gasteiger partial charge is 0.390 e. The molecule has 1 aromatic carbocycles. The molecule has 2 heteroatoms. The molecule has 0 aliphatic rings. The molecule has 19 heavy (non-hydrogen) atoms. The standard InChI is InChI=1S/C16H26O2.CH4/c1-2-3-4-5-6-10-13-15(17)16(18)14-11-8-7-9-12-14;/h7-9,11-12,15-18H,2-6,10,13H2,1H3;1H4/t15-,16-;/m1./s1. The fourth-order valence-electron chi connectivity index (χ4n) is 2.16. The Hall–Kier alpha value is -0.860. The van der Waals surface area contributed by atoms with E-state index < -0.39 is 12.2 Å². The van der Waals surface area contributed by atoms with Gasteiger partial charge >= 0.3 is 0 Å². The van der Waals surface area contributed by atoms with Crippen molar-refractivity contribution in [3.63, 3.8) is 0 Å². The summed E-state index contributed by atoms with van der Waals surface area (Å²) in [5, 5.41) is 19.9. The molecule has 2 N–H and O–H groups in total. The fourth-order valence-corrected chi connectivity index (χ4v) is 2.16. The number of aliphatic hydroxyl groups is 2. The monoisotopic (exact) mass is 266 g/mol. The molecule has 0 unspecified atom stereocenters. The lowest BCUT2D eigenvalue weighted by atomic mass is 9.99. The molecule has 2 nitrogen and oxygen atoms in total. The zero-order valence-electron chi connectivity index (χ0n) is 11.4. The van der Waals surface area contributed by atoms with E-state index in [1.165, 1.54) is 25.7 Å². The Labute approximate surface area is 118 Å². The first kappa shape index (κ1) is 18.1. The lowest BCUT2D eigenvalue weighted by molar-refractivity contribution is 0.0120. The van der Waals surface area contributed by atoms with Gasteiger partial charge in [-0.2, -0.15) is 0 Å². The van der Waals surface area contributed by atoms with Gasteiger partial charge in [0.05, 0.1) is 6.10 Å². The Bertz CT molecular complexity index is 297. The Morgan fingerprint density at radius 1 is 0.895 bits per heavy atom. The molecule has 0 radical (unpaired) electrons. The molecule has 0 aromatic heterocycles. The molecule has 1 rings (SSSR count). The van der Waals surface area contributed by atoms with Gasteiger partial charge in [0.15, 0.2) is 0 Å². The van der Waals surface area contributed by atoms with Crippen LogP contribution in [0.2, 0.25) is 0 Å². The van der Waals surface area contributed by atoms with Crippen molar-refractivity contribution in [1.82, 2.24) is 0 Å². The minimum Gasteiger partial charge on any atom is -0.390 e. The van der Waals surface area contributed by atoms with E-state index in [9.17, 15) is 10.2 Å². The third-order valence-electron chi connectivity index (χ3n) is 3.36. The second kappa shape index (κ2) is 11.0. The Balaban J connectivity index is 0.00000324. The van der Waals surface area contributed by atoms with Gasteiger partial charge < -0.3 is 10.2 Å². The van der Waals surface area contributed by atoms with Crippen LogP contribution in [0.3, 0.4) is 0 Å². The van der Waals surface area contributed by atoms with Gasteiger partial charge in [0.2, 0.25) is 0 Å². The summed E-state index contributed by atoms with van der Waals surface area (Å²) in [7, 11) is 0. The third kappa shape index (κ3) is 7.34. The van der Waals surface area contributed by atoms with Gasteiger partial charge in [-0.15, -0.1) is 0 Å². The van der Waals surface area contributed by atoms with Crippen molar-refractivity contribution in [3.05, 3.63) is 35.9 Å². The molecule has 0 saturated heterocycles. The summed E-state index contributed by atoms with van der Waals surface area (Å²) in [6.07, 6.45) is 6.52. The van der Waals surface area contributed by atoms with E-state index in [1.54, 1.807) is 0 Å². The van der Waals surface area contributed by atoms with Gasteiger partial charge in [0.1, 0.15) is 6.10 Å². The molecule has 110 valence electrons. The van der Waals surface area contributed by atoms with Crippen LogP contribution in [0.5, 0.6) is 0 Å². The summed E-state index contributed by atoms with van der Waals surface area (Å²) in [6.45, 7) is 2.21. The first-order valence-corrected chi connectivity index (χ1v) is 7.16. The maximum atomic E-state index is 9.98. The van der Waals surface area contributed by atoms with Crippen LogP contribution >= 0.6 is 0 Å². The number of rotatable bonds is 9. The van der Waals surface area contributed by atoms with Gasteiger partial charge in [-0.3, -0.25) is 0 Å². The van der Waals surface area contributed by atoms with Crippen LogP contribution in [0.15, 0.2) is 30.3 Å². The number of aliphatic hydroxyl groups excluding tert-OH is 2. The number of benzene rings is 1. The van der Waals surface area contributed by atoms with Crippen LogP contribution in [-0.4, -0.2) is 16.3 Å². The first-order valence-electron chi connectivity index (χ1n) is 7.16. The smallest absolute Gasteiger partial charge is 0.105 e. The molecule has 1 aromatic rings. The highest BCUT2D eigenvalue weighted by atomic mass is 16.3. The summed E-state index contributed by atoms with van der Waals surface area (Å²) >= 11 is 0. The van der Waals surface area contributed by atoms with Crippen LogP contribution < -0.4 is 0 Å². The molecule has 0 fully saturated rings. The molecule has 0 saturated carbocycles. The average Bonchev–Trinajstić information content (AvgIpc) is 2.42. The molecule has 0 aliphatic carbocycles. The lowest BCUT2D eigenvalue weighted by Gasteiger charge is -2.18. The van der Waals surface area contributed by atoms with Crippen LogP contribution in [0.1, 0.15) is 71.0 Å². The molecule has 0 bridgehead atoms. The van der Waals surface area contributed by atoms with E-state index in [0.717, 1.165) is 18.4 Å². The topological polar surface area (TPSA) is 40.5 Å². The average molecular weight is 266 g/mol. The molecular weight excluding hydrogens is 236 g/mol. The van der Waals surface area contributed by atoms with E-state index in [-0.39, 0.29) is 7.43 Å². The maximum Gasteiger partial charge on any atom is 0.105 e. The van der Waals surface area contributed by atoms with Crippen molar-refractivity contribution in [2.75, 3.05) is 0 Å². The van der Waals surface area contributed by atoms with Gasteiger partial charge in [-0.05, 0) is 12.0 Å². The third-order valence-corrected chi connectivity index (χ3v) is 3.36. The van der Waals surface area contributed by atoms with Crippen LogP contribution in [0, 0.1) is 0 Å². The van der Waals surface area contributed by atoms with Crippen LogP contribution in [-0.2, 0) is 0 Å². The van der Waals surface area contributed by atoms with E-state index >= 15 is 0 Å². The summed E-state index contributed by atoms with van der Waals surface area (Å²) in [6, 6.07) is 9.40. The molecule has 0 amide bonds. The Morgan fingerprint density at radius 3 is 2.11 bits per heavy atom. The first-order chi connectivity index (χ1) is 8.75. The molecular formula is C17H30O2. The Morgan fingerprint density at radius 2 is 1.47 bits per heavy atom. The normalized spacial score (nSPS) is 13.6. The number of hydrogen-bond donors (Lipinski definition) is 2. The van der Waals surface area contributed by atoms with E-state index in [4.69, 9.17) is 0 Å². The van der Waals surface area contributed by atoms with E-state index in [0.29, 0.717) is 6.42 Å². The lowest BCUT2D eigenvalue weighted by Crippen LogP contribution is -2.17. The minimum atomic E-state index is -0.748. The second-order valence-electron chi connectivity index (χ2n) is 4.98. The predicted octanol–water partition coefficient (Wildman–Crippen LogP) is 4.47. The van der Waals surface area contributed by atoms with Crippen LogP contribution in [0.4, 0.5) is 0 Å². The second-order valence-corrected chi connectivity index (χ2v) is 4.98. The van der Waals surface area contributed by atoms with Gasteiger partial charge in [-0.25, -0.2) is 0 Å². The highest BCUT2D eigenvalue weighted by molar-refractivity contribution is 5.18. The van der Waals surface area contributed by atoms with Crippen molar-refractivity contribution < 1.29 is 10.2 Å². The SMILES string of the molecule is C.CCCCCCCC[C@@H](O)[C@H](O)c1ccccc1. The molecule has 2 atom stereocenters. The quantitative estimate of drug-likeness (QED) is 0.647. The van der Waals surface area contributed by atoms with Crippen molar-refractivity contribution >= 4 is 0 Å². The summed E-state index contributed by atoms with van der Waals surface area (Å²) in [5.41, 5.74) is 0.802. The minimum absolute atomic E-state index is 0. The summed E-state index contributed by atoms with van der Waals surface area (Å²) < 4.78 is 0. The molecule has 0 aliphatic heterocycles. The van der Waals surface area contributed by atoms with E-state index in [1.807, 2.05) is 30.3 Å². The van der Waals surface area contributed by atoms with Crippen molar-refractivity contribution in [2.45, 2.75) is 71.5 Å². The predicted molar refractivity (Wildman–Crippen MR) is 82.1 cm³/mol. The van der Waals surface area contributed by atoms with Crippen molar-refractivity contribution in [3.8, 4) is 0 Å². The fraction of sp³-hybridized carbons (Fsp3) is 0.647. The van der Waals surface area contributed by atoms with E-state index in [2.05, 4.69) is 6.92 Å². The summed E-state index contributed by atoms with van der Waals surface area (Å²) in [5.74, 6) is 0. The molecule has 0 heterocycles. The number of hydrogen-bond acceptors (Lipinski definition) is 2. The van der Waals surface area contributed by atoms with Gasteiger partial charge in [0, 0.05) is 0 Å². The zero-order chi connectivity index (χ0) is 13.2.